The number of ketones is 1. The van der Waals surface area contributed by atoms with E-state index in [0.717, 1.165) is 5.56 Å². The van der Waals surface area contributed by atoms with Gasteiger partial charge in [0.1, 0.15) is 0 Å². The molecular formula is C22H24N2O4. The zero-order chi connectivity index (χ0) is 20.5. The van der Waals surface area contributed by atoms with E-state index < -0.39 is 5.91 Å². The highest BCUT2D eigenvalue weighted by Crippen LogP contribution is 2.12. The molecule has 2 rings (SSSR count). The Hall–Kier alpha value is -3.25. The summed E-state index contributed by atoms with van der Waals surface area (Å²) in [5.74, 6) is -0.813. The number of hydrogen-bond donors (Lipinski definition) is 2. The molecule has 2 aromatic rings. The highest BCUT2D eigenvalue weighted by molar-refractivity contribution is 6.06. The second-order valence-electron chi connectivity index (χ2n) is 6.39. The van der Waals surface area contributed by atoms with E-state index >= 15 is 0 Å². The van der Waals surface area contributed by atoms with Crippen LogP contribution in [0.25, 0.3) is 0 Å². The third-order valence-electron chi connectivity index (χ3n) is 4.12. The number of rotatable bonds is 8. The fraction of sp³-hybridized carbons (Fsp3) is 0.227. The smallest absolute Gasteiger partial charge is 0.250 e. The molecule has 146 valence electrons. The molecule has 0 radical (unpaired) electrons. The number of benzene rings is 2. The lowest BCUT2D eigenvalue weighted by atomic mass is 10.1. The number of nitrogens with zero attached hydrogens (tertiary/aromatic N) is 1. The third-order valence-corrected chi connectivity index (χ3v) is 4.12. The standard InChI is InChI=1S/C22H24N2O4/c1-16(14-21(27)23-20-10-8-19(9-11-20)17(2)26)22(28)24(12-13-25)15-18-6-4-3-5-7-18/h3-11,14,25H,12-13,15H2,1-2H3,(H,23,27)/b16-14-. The van der Waals surface area contributed by atoms with Crippen LogP contribution in [0.1, 0.15) is 29.8 Å². The summed E-state index contributed by atoms with van der Waals surface area (Å²) in [7, 11) is 0. The predicted molar refractivity (Wildman–Crippen MR) is 108 cm³/mol. The Kier molecular flexibility index (Phi) is 7.65. The predicted octanol–water partition coefficient (Wildman–Crippen LogP) is 2.80. The van der Waals surface area contributed by atoms with Gasteiger partial charge in [0.15, 0.2) is 5.78 Å². The van der Waals surface area contributed by atoms with Crippen LogP contribution in [-0.4, -0.2) is 40.8 Å². The molecule has 0 unspecified atom stereocenters. The fourth-order valence-corrected chi connectivity index (χ4v) is 2.65. The first-order chi connectivity index (χ1) is 13.4. The van der Waals surface area contributed by atoms with Crippen LogP contribution >= 0.6 is 0 Å². The molecule has 0 saturated heterocycles. The topological polar surface area (TPSA) is 86.7 Å². The van der Waals surface area contributed by atoms with E-state index in [1.807, 2.05) is 30.3 Å². The molecule has 0 aromatic heterocycles. The lowest BCUT2D eigenvalue weighted by Gasteiger charge is -2.22. The number of hydrogen-bond acceptors (Lipinski definition) is 4. The zero-order valence-corrected chi connectivity index (χ0v) is 16.0. The van der Waals surface area contributed by atoms with Crippen LogP contribution in [-0.2, 0) is 16.1 Å². The molecule has 0 heterocycles. The van der Waals surface area contributed by atoms with E-state index in [-0.39, 0.29) is 30.4 Å². The largest absolute Gasteiger partial charge is 0.395 e. The van der Waals surface area contributed by atoms with Crippen molar-refractivity contribution in [3.63, 3.8) is 0 Å². The molecule has 0 spiro atoms. The van der Waals surface area contributed by atoms with Crippen LogP contribution in [0.3, 0.4) is 0 Å². The van der Waals surface area contributed by atoms with E-state index in [9.17, 15) is 19.5 Å². The molecule has 0 aliphatic rings. The van der Waals surface area contributed by atoms with Gasteiger partial charge in [-0.1, -0.05) is 30.3 Å². The maximum atomic E-state index is 12.7. The van der Waals surface area contributed by atoms with Crippen LogP contribution < -0.4 is 5.32 Å². The summed E-state index contributed by atoms with van der Waals surface area (Å²) in [4.78, 5) is 37.7. The van der Waals surface area contributed by atoms with E-state index in [1.54, 1.807) is 31.2 Å². The van der Waals surface area contributed by atoms with Crippen LogP contribution in [0.4, 0.5) is 5.69 Å². The summed E-state index contributed by atoms with van der Waals surface area (Å²) < 4.78 is 0. The second kappa shape index (κ2) is 10.2. The van der Waals surface area contributed by atoms with Crippen molar-refractivity contribution < 1.29 is 19.5 Å². The lowest BCUT2D eigenvalue weighted by molar-refractivity contribution is -0.128. The molecule has 2 aromatic carbocycles. The highest BCUT2D eigenvalue weighted by Gasteiger charge is 2.16. The first-order valence-electron chi connectivity index (χ1n) is 8.95. The van der Waals surface area contributed by atoms with Crippen LogP contribution in [0.15, 0.2) is 66.2 Å². The average molecular weight is 380 g/mol. The van der Waals surface area contributed by atoms with Gasteiger partial charge in [0, 0.05) is 36.0 Å². The Morgan fingerprint density at radius 2 is 1.64 bits per heavy atom. The number of nitrogens with one attached hydrogen (secondary N) is 1. The summed E-state index contributed by atoms with van der Waals surface area (Å²) in [5.41, 5.74) is 2.29. The van der Waals surface area contributed by atoms with Gasteiger partial charge < -0.3 is 15.3 Å². The number of anilines is 1. The van der Waals surface area contributed by atoms with E-state index in [0.29, 0.717) is 17.8 Å². The third kappa shape index (κ3) is 6.17. The Balaban J connectivity index is 2.04. The van der Waals surface area contributed by atoms with Crippen molar-refractivity contribution >= 4 is 23.3 Å². The molecule has 0 atom stereocenters. The summed E-state index contributed by atoms with van der Waals surface area (Å²) in [5, 5.41) is 11.9. The normalized spacial score (nSPS) is 11.0. The van der Waals surface area contributed by atoms with Gasteiger partial charge in [0.2, 0.25) is 11.8 Å². The van der Waals surface area contributed by atoms with E-state index in [1.165, 1.54) is 17.9 Å². The fourth-order valence-electron chi connectivity index (χ4n) is 2.65. The molecular weight excluding hydrogens is 356 g/mol. The minimum Gasteiger partial charge on any atom is -0.395 e. The maximum absolute atomic E-state index is 12.7. The van der Waals surface area contributed by atoms with Crippen molar-refractivity contribution in [1.29, 1.82) is 0 Å². The van der Waals surface area contributed by atoms with Gasteiger partial charge in [-0.05, 0) is 43.7 Å². The molecule has 2 amide bonds. The highest BCUT2D eigenvalue weighted by atomic mass is 16.3. The van der Waals surface area contributed by atoms with Crippen molar-refractivity contribution in [3.8, 4) is 0 Å². The number of aliphatic hydroxyl groups excluding tert-OH is 1. The lowest BCUT2D eigenvalue weighted by Crippen LogP contribution is -2.34. The molecule has 6 nitrogen and oxygen atoms in total. The molecule has 0 aliphatic carbocycles. The van der Waals surface area contributed by atoms with Gasteiger partial charge in [-0.2, -0.15) is 0 Å². The number of aliphatic hydroxyl groups is 1. The number of Topliss-reactive ketones (excluding diaryl/α,β-unsaturated/α-hetero) is 1. The molecule has 0 bridgehead atoms. The molecule has 2 N–H and O–H groups in total. The first-order valence-corrected chi connectivity index (χ1v) is 8.95. The molecule has 6 heteroatoms. The van der Waals surface area contributed by atoms with Gasteiger partial charge in [-0.3, -0.25) is 14.4 Å². The number of carbonyl (C=O) groups excluding carboxylic acids is 3. The zero-order valence-electron chi connectivity index (χ0n) is 16.0. The SMILES string of the molecule is CC(=O)c1ccc(NC(=O)/C=C(/C)C(=O)N(CCO)Cc2ccccc2)cc1. The summed E-state index contributed by atoms with van der Waals surface area (Å²) in [6.45, 7) is 3.39. The van der Waals surface area contributed by atoms with Gasteiger partial charge in [0.25, 0.3) is 0 Å². The van der Waals surface area contributed by atoms with Crippen molar-refractivity contribution in [2.75, 3.05) is 18.5 Å². The van der Waals surface area contributed by atoms with Gasteiger partial charge in [0.05, 0.1) is 6.61 Å². The Labute approximate surface area is 164 Å². The first kappa shape index (κ1) is 21.1. The summed E-state index contributed by atoms with van der Waals surface area (Å²) in [6, 6.07) is 16.0. The van der Waals surface area contributed by atoms with Gasteiger partial charge in [-0.25, -0.2) is 0 Å². The van der Waals surface area contributed by atoms with Crippen molar-refractivity contribution in [2.24, 2.45) is 0 Å². The summed E-state index contributed by atoms with van der Waals surface area (Å²) in [6.07, 6.45) is 1.23. The quantitative estimate of drug-likeness (QED) is 0.545. The van der Waals surface area contributed by atoms with Crippen LogP contribution in [0.5, 0.6) is 0 Å². The monoisotopic (exact) mass is 380 g/mol. The Morgan fingerprint density at radius 1 is 1.00 bits per heavy atom. The van der Waals surface area contributed by atoms with Crippen LogP contribution in [0.2, 0.25) is 0 Å². The number of carbonyl (C=O) groups is 3. The van der Waals surface area contributed by atoms with Crippen molar-refractivity contribution in [1.82, 2.24) is 4.90 Å². The maximum Gasteiger partial charge on any atom is 0.250 e. The van der Waals surface area contributed by atoms with E-state index in [2.05, 4.69) is 5.32 Å². The second-order valence-corrected chi connectivity index (χ2v) is 6.39. The molecule has 0 aliphatic heterocycles. The molecule has 0 saturated carbocycles. The summed E-state index contributed by atoms with van der Waals surface area (Å²) >= 11 is 0. The van der Waals surface area contributed by atoms with Crippen molar-refractivity contribution in [3.05, 3.63) is 77.4 Å². The Morgan fingerprint density at radius 3 is 2.21 bits per heavy atom. The Bertz CT molecular complexity index is 858. The molecule has 0 fully saturated rings. The van der Waals surface area contributed by atoms with Crippen molar-refractivity contribution in [2.45, 2.75) is 20.4 Å². The van der Waals surface area contributed by atoms with Gasteiger partial charge >= 0.3 is 0 Å². The number of amides is 2. The van der Waals surface area contributed by atoms with Gasteiger partial charge in [-0.15, -0.1) is 0 Å². The minimum absolute atomic E-state index is 0.0541. The van der Waals surface area contributed by atoms with E-state index in [4.69, 9.17) is 0 Å². The average Bonchev–Trinajstić information content (AvgIpc) is 2.68. The molecule has 28 heavy (non-hydrogen) atoms. The minimum atomic E-state index is -0.440. The van der Waals surface area contributed by atoms with Crippen LogP contribution in [0, 0.1) is 0 Å².